The van der Waals surface area contributed by atoms with E-state index in [1.165, 1.54) is 4.88 Å². The summed E-state index contributed by atoms with van der Waals surface area (Å²) < 4.78 is 0. The van der Waals surface area contributed by atoms with E-state index in [9.17, 15) is 0 Å². The summed E-state index contributed by atoms with van der Waals surface area (Å²) in [7, 11) is 0. The predicted octanol–water partition coefficient (Wildman–Crippen LogP) is 2.62. The van der Waals surface area contributed by atoms with Gasteiger partial charge in [-0.3, -0.25) is 4.98 Å². The standard InChI is InChI=1S/C4H4BrNS.BrH/c5-1-4-2-6-3-7-4;/h2-3H,1H2;1H. The van der Waals surface area contributed by atoms with Crippen LogP contribution in [0.1, 0.15) is 4.88 Å². The van der Waals surface area contributed by atoms with E-state index >= 15 is 0 Å². The molecule has 0 spiro atoms. The molecule has 1 aromatic rings. The van der Waals surface area contributed by atoms with E-state index in [-0.39, 0.29) is 17.0 Å². The molecule has 0 unspecified atom stereocenters. The van der Waals surface area contributed by atoms with E-state index in [0.29, 0.717) is 0 Å². The van der Waals surface area contributed by atoms with Crippen LogP contribution in [0, 0.1) is 0 Å². The van der Waals surface area contributed by atoms with Crippen LogP contribution in [0.15, 0.2) is 11.7 Å². The van der Waals surface area contributed by atoms with Crippen LogP contribution < -0.4 is 0 Å². The average molecular weight is 259 g/mol. The minimum Gasteiger partial charge on any atom is -0.253 e. The van der Waals surface area contributed by atoms with Crippen molar-refractivity contribution >= 4 is 44.2 Å². The number of alkyl halides is 1. The molecule has 0 saturated carbocycles. The summed E-state index contributed by atoms with van der Waals surface area (Å²) in [6, 6.07) is 0. The van der Waals surface area contributed by atoms with Gasteiger partial charge in [0.2, 0.25) is 0 Å². The zero-order valence-electron chi connectivity index (χ0n) is 4.00. The fourth-order valence-corrected chi connectivity index (χ4v) is 1.29. The maximum absolute atomic E-state index is 3.88. The molecule has 0 amide bonds. The molecule has 0 aliphatic heterocycles. The molecule has 0 N–H and O–H groups in total. The quantitative estimate of drug-likeness (QED) is 0.706. The van der Waals surface area contributed by atoms with Crippen LogP contribution in [-0.2, 0) is 5.33 Å². The number of nitrogens with zero attached hydrogens (tertiary/aromatic N) is 1. The lowest BCUT2D eigenvalue weighted by Crippen LogP contribution is -1.59. The molecule has 0 saturated heterocycles. The predicted molar refractivity (Wildman–Crippen MR) is 45.1 cm³/mol. The molecule has 0 radical (unpaired) electrons. The lowest BCUT2D eigenvalue weighted by molar-refractivity contribution is 1.38. The molecular weight excluding hydrogens is 254 g/mol. The Labute approximate surface area is 71.0 Å². The van der Waals surface area contributed by atoms with Crippen molar-refractivity contribution < 1.29 is 0 Å². The third-order valence-electron chi connectivity index (χ3n) is 0.615. The molecule has 1 heterocycles. The van der Waals surface area contributed by atoms with Crippen LogP contribution in [0.5, 0.6) is 0 Å². The Hall–Kier alpha value is 0.590. The Morgan fingerprint density at radius 3 is 2.75 bits per heavy atom. The van der Waals surface area contributed by atoms with E-state index in [0.717, 1.165) is 5.33 Å². The Kier molecular flexibility index (Phi) is 4.80. The summed E-state index contributed by atoms with van der Waals surface area (Å²) in [6.45, 7) is 0. The third kappa shape index (κ3) is 2.24. The van der Waals surface area contributed by atoms with E-state index in [2.05, 4.69) is 20.9 Å². The molecular formula is C4H5Br2NS. The van der Waals surface area contributed by atoms with Crippen molar-refractivity contribution in [2.75, 3.05) is 0 Å². The number of hydrogen-bond donors (Lipinski definition) is 0. The first-order valence-corrected chi connectivity index (χ1v) is 3.87. The van der Waals surface area contributed by atoms with Crippen LogP contribution in [-0.4, -0.2) is 4.98 Å². The second-order valence-corrected chi connectivity index (χ2v) is 2.63. The first kappa shape index (κ1) is 8.59. The fraction of sp³-hybridized carbons (Fsp3) is 0.250. The Bertz CT molecular complexity index is 129. The second-order valence-electron chi connectivity index (χ2n) is 1.10. The normalized spacial score (nSPS) is 8.12. The van der Waals surface area contributed by atoms with Gasteiger partial charge >= 0.3 is 0 Å². The van der Waals surface area contributed by atoms with Crippen molar-refractivity contribution in [1.29, 1.82) is 0 Å². The monoisotopic (exact) mass is 257 g/mol. The molecule has 46 valence electrons. The van der Waals surface area contributed by atoms with Gasteiger partial charge in [0.15, 0.2) is 0 Å². The number of halogens is 2. The third-order valence-corrected chi connectivity index (χ3v) is 2.37. The lowest BCUT2D eigenvalue weighted by atomic mass is 10.7. The van der Waals surface area contributed by atoms with Crippen LogP contribution >= 0.6 is 44.2 Å². The van der Waals surface area contributed by atoms with Crippen LogP contribution in [0.25, 0.3) is 0 Å². The maximum Gasteiger partial charge on any atom is 0.0794 e. The molecule has 8 heavy (non-hydrogen) atoms. The minimum absolute atomic E-state index is 0. The maximum atomic E-state index is 3.88. The van der Waals surface area contributed by atoms with Crippen LogP contribution in [0.4, 0.5) is 0 Å². The van der Waals surface area contributed by atoms with E-state index in [4.69, 9.17) is 0 Å². The van der Waals surface area contributed by atoms with E-state index in [1.54, 1.807) is 11.3 Å². The Morgan fingerprint density at radius 1 is 1.75 bits per heavy atom. The summed E-state index contributed by atoms with van der Waals surface area (Å²) in [5.41, 5.74) is 1.83. The van der Waals surface area contributed by atoms with Gasteiger partial charge in [0.25, 0.3) is 0 Å². The van der Waals surface area contributed by atoms with E-state index in [1.807, 2.05) is 11.7 Å². The highest BCUT2D eigenvalue weighted by Gasteiger charge is 1.85. The second kappa shape index (κ2) is 4.47. The fourth-order valence-electron chi connectivity index (χ4n) is 0.308. The van der Waals surface area contributed by atoms with Gasteiger partial charge in [0.1, 0.15) is 0 Å². The molecule has 0 fully saturated rings. The summed E-state index contributed by atoms with van der Waals surface area (Å²) in [6.07, 6.45) is 1.86. The molecule has 0 bridgehead atoms. The molecule has 1 rings (SSSR count). The summed E-state index contributed by atoms with van der Waals surface area (Å²) in [5.74, 6) is 0. The molecule has 1 nitrogen and oxygen atoms in total. The molecule has 0 aromatic carbocycles. The lowest BCUT2D eigenvalue weighted by Gasteiger charge is -1.74. The topological polar surface area (TPSA) is 12.9 Å². The number of hydrogen-bond acceptors (Lipinski definition) is 2. The van der Waals surface area contributed by atoms with Crippen molar-refractivity contribution in [2.45, 2.75) is 5.33 Å². The first-order chi connectivity index (χ1) is 3.43. The highest BCUT2D eigenvalue weighted by molar-refractivity contribution is 9.08. The van der Waals surface area contributed by atoms with Gasteiger partial charge in [-0.05, 0) is 0 Å². The van der Waals surface area contributed by atoms with Crippen molar-refractivity contribution in [1.82, 2.24) is 4.98 Å². The van der Waals surface area contributed by atoms with Crippen molar-refractivity contribution in [3.05, 3.63) is 16.6 Å². The first-order valence-electron chi connectivity index (χ1n) is 1.87. The van der Waals surface area contributed by atoms with Gasteiger partial charge in [0, 0.05) is 16.4 Å². The highest BCUT2D eigenvalue weighted by Crippen LogP contribution is 2.08. The van der Waals surface area contributed by atoms with Gasteiger partial charge in [-0.1, -0.05) is 15.9 Å². The minimum atomic E-state index is 0. The Morgan fingerprint density at radius 2 is 2.50 bits per heavy atom. The van der Waals surface area contributed by atoms with Gasteiger partial charge in [-0.2, -0.15) is 0 Å². The van der Waals surface area contributed by atoms with Gasteiger partial charge in [-0.15, -0.1) is 28.3 Å². The van der Waals surface area contributed by atoms with Crippen molar-refractivity contribution in [2.24, 2.45) is 0 Å². The van der Waals surface area contributed by atoms with Crippen LogP contribution in [0.2, 0.25) is 0 Å². The molecule has 0 aliphatic carbocycles. The molecule has 4 heteroatoms. The molecule has 0 aliphatic rings. The SMILES string of the molecule is Br.BrCc1cncs1. The summed E-state index contributed by atoms with van der Waals surface area (Å²) in [4.78, 5) is 5.16. The number of rotatable bonds is 1. The zero-order valence-corrected chi connectivity index (χ0v) is 8.12. The largest absolute Gasteiger partial charge is 0.253 e. The number of aromatic nitrogens is 1. The van der Waals surface area contributed by atoms with Gasteiger partial charge in [0.05, 0.1) is 5.51 Å². The Balaban J connectivity index is 0.000000490. The van der Waals surface area contributed by atoms with Gasteiger partial charge < -0.3 is 0 Å². The highest BCUT2D eigenvalue weighted by atomic mass is 79.9. The number of thiazole rings is 1. The van der Waals surface area contributed by atoms with E-state index < -0.39 is 0 Å². The van der Waals surface area contributed by atoms with Crippen LogP contribution in [0.3, 0.4) is 0 Å². The summed E-state index contributed by atoms with van der Waals surface area (Å²) in [5, 5.41) is 0.928. The average Bonchev–Trinajstić information content (AvgIpc) is 2.14. The van der Waals surface area contributed by atoms with Crippen molar-refractivity contribution in [3.63, 3.8) is 0 Å². The van der Waals surface area contributed by atoms with Crippen molar-refractivity contribution in [3.8, 4) is 0 Å². The summed E-state index contributed by atoms with van der Waals surface area (Å²) >= 11 is 4.97. The van der Waals surface area contributed by atoms with Gasteiger partial charge in [-0.25, -0.2) is 0 Å². The molecule has 1 aromatic heterocycles. The zero-order chi connectivity index (χ0) is 5.11. The smallest absolute Gasteiger partial charge is 0.0794 e. The molecule has 0 atom stereocenters.